The quantitative estimate of drug-likeness (QED) is 0.483. The standard InChI is InChI=1S/C26H29ClN2O2/c27-23-15-22-20(10-13-29-25(22)31-17-18-4-2-1-3-5-18)14-24(23)30-16-19-8-11-26(28,12-9-19)21-6-7-21/h1-5,10,13-15,19,21H,6-9,11-12,16-17,28H2. The van der Waals surface area contributed by atoms with Crippen LogP contribution in [0.5, 0.6) is 11.6 Å². The molecule has 0 radical (unpaired) electrons. The maximum atomic E-state index is 6.62. The van der Waals surface area contributed by atoms with Crippen LogP contribution in [-0.4, -0.2) is 17.1 Å². The van der Waals surface area contributed by atoms with Gasteiger partial charge in [-0.2, -0.15) is 0 Å². The molecule has 0 spiro atoms. The van der Waals surface area contributed by atoms with Gasteiger partial charge in [-0.1, -0.05) is 41.9 Å². The molecule has 2 aliphatic rings. The predicted octanol–water partition coefficient (Wildman–Crippen LogP) is 6.14. The van der Waals surface area contributed by atoms with E-state index in [2.05, 4.69) is 4.98 Å². The van der Waals surface area contributed by atoms with Gasteiger partial charge in [0.2, 0.25) is 5.88 Å². The molecule has 2 fully saturated rings. The van der Waals surface area contributed by atoms with Gasteiger partial charge >= 0.3 is 0 Å². The Hall–Kier alpha value is -2.30. The predicted molar refractivity (Wildman–Crippen MR) is 125 cm³/mol. The molecule has 2 saturated carbocycles. The van der Waals surface area contributed by atoms with Crippen LogP contribution in [0.4, 0.5) is 0 Å². The molecule has 1 aromatic heterocycles. The number of nitrogens with two attached hydrogens (primary N) is 1. The van der Waals surface area contributed by atoms with E-state index < -0.39 is 0 Å². The van der Waals surface area contributed by atoms with Crippen LogP contribution < -0.4 is 15.2 Å². The molecule has 2 aromatic carbocycles. The third kappa shape index (κ3) is 4.65. The van der Waals surface area contributed by atoms with Crippen molar-refractivity contribution < 1.29 is 9.47 Å². The highest BCUT2D eigenvalue weighted by Gasteiger charge is 2.44. The van der Waals surface area contributed by atoms with Gasteiger partial charge in [0.15, 0.2) is 0 Å². The summed E-state index contributed by atoms with van der Waals surface area (Å²) in [6.07, 6.45) is 8.90. The first-order chi connectivity index (χ1) is 15.1. The summed E-state index contributed by atoms with van der Waals surface area (Å²) in [6.45, 7) is 1.16. The van der Waals surface area contributed by atoms with Crippen LogP contribution in [0.2, 0.25) is 5.02 Å². The van der Waals surface area contributed by atoms with Crippen molar-refractivity contribution in [1.82, 2.24) is 4.98 Å². The molecule has 5 rings (SSSR count). The lowest BCUT2D eigenvalue weighted by molar-refractivity contribution is 0.155. The molecule has 0 unspecified atom stereocenters. The minimum atomic E-state index is 0.0836. The lowest BCUT2D eigenvalue weighted by Crippen LogP contribution is -2.46. The van der Waals surface area contributed by atoms with Crippen LogP contribution in [0.25, 0.3) is 10.8 Å². The molecule has 0 saturated heterocycles. The summed E-state index contributed by atoms with van der Waals surface area (Å²) >= 11 is 6.58. The number of hydrogen-bond acceptors (Lipinski definition) is 4. The summed E-state index contributed by atoms with van der Waals surface area (Å²) in [5, 5.41) is 2.49. The Kier molecular flexibility index (Phi) is 5.77. The van der Waals surface area contributed by atoms with E-state index in [-0.39, 0.29) is 5.54 Å². The molecule has 1 heterocycles. The molecule has 0 bridgehead atoms. The van der Waals surface area contributed by atoms with Crippen molar-refractivity contribution in [2.24, 2.45) is 17.6 Å². The van der Waals surface area contributed by atoms with Gasteiger partial charge in [0, 0.05) is 17.1 Å². The van der Waals surface area contributed by atoms with Gasteiger partial charge in [-0.15, -0.1) is 0 Å². The monoisotopic (exact) mass is 436 g/mol. The van der Waals surface area contributed by atoms with Crippen LogP contribution in [0.1, 0.15) is 44.1 Å². The molecule has 4 nitrogen and oxygen atoms in total. The summed E-state index contributed by atoms with van der Waals surface area (Å²) < 4.78 is 12.1. The van der Waals surface area contributed by atoms with E-state index in [0.717, 1.165) is 53.7 Å². The topological polar surface area (TPSA) is 57.4 Å². The Morgan fingerprint density at radius 2 is 1.77 bits per heavy atom. The second kappa shape index (κ2) is 8.68. The van der Waals surface area contributed by atoms with Crippen LogP contribution in [0.15, 0.2) is 54.7 Å². The van der Waals surface area contributed by atoms with E-state index in [4.69, 9.17) is 26.8 Å². The number of fused-ring (bicyclic) bond motifs is 1. The number of pyridine rings is 1. The fourth-order valence-electron chi connectivity index (χ4n) is 4.75. The number of hydrogen-bond donors (Lipinski definition) is 1. The first-order valence-corrected chi connectivity index (χ1v) is 11.7. The molecule has 5 heteroatoms. The van der Waals surface area contributed by atoms with E-state index in [0.29, 0.717) is 30.0 Å². The molecule has 2 N–H and O–H groups in total. The van der Waals surface area contributed by atoms with Crippen molar-refractivity contribution in [3.63, 3.8) is 0 Å². The fourth-order valence-corrected chi connectivity index (χ4v) is 4.97. The van der Waals surface area contributed by atoms with E-state index in [1.807, 2.05) is 48.5 Å². The SMILES string of the molecule is NC1(C2CC2)CCC(COc2cc3ccnc(OCc4ccccc4)c3cc2Cl)CC1. The molecule has 162 valence electrons. The number of aromatic nitrogens is 1. The smallest absolute Gasteiger partial charge is 0.221 e. The van der Waals surface area contributed by atoms with Gasteiger partial charge in [-0.25, -0.2) is 4.98 Å². The zero-order chi connectivity index (χ0) is 21.3. The van der Waals surface area contributed by atoms with Crippen molar-refractivity contribution in [3.05, 3.63) is 65.3 Å². The number of benzene rings is 2. The number of halogens is 1. The molecule has 2 aliphatic carbocycles. The van der Waals surface area contributed by atoms with Crippen molar-refractivity contribution in [1.29, 1.82) is 0 Å². The van der Waals surface area contributed by atoms with Gasteiger partial charge < -0.3 is 15.2 Å². The first-order valence-electron chi connectivity index (χ1n) is 11.3. The zero-order valence-electron chi connectivity index (χ0n) is 17.7. The van der Waals surface area contributed by atoms with E-state index in [9.17, 15) is 0 Å². The summed E-state index contributed by atoms with van der Waals surface area (Å²) in [5.74, 6) is 2.61. The van der Waals surface area contributed by atoms with E-state index >= 15 is 0 Å². The lowest BCUT2D eigenvalue weighted by Gasteiger charge is -2.37. The number of rotatable bonds is 7. The molecular formula is C26H29ClN2O2. The largest absolute Gasteiger partial charge is 0.492 e. The van der Waals surface area contributed by atoms with Crippen LogP contribution in [-0.2, 0) is 6.61 Å². The number of nitrogens with zero attached hydrogens (tertiary/aromatic N) is 1. The maximum Gasteiger partial charge on any atom is 0.221 e. The van der Waals surface area contributed by atoms with Gasteiger partial charge in [-0.05, 0) is 79.5 Å². The Labute approximate surface area is 188 Å². The first kappa shape index (κ1) is 20.6. The number of ether oxygens (including phenoxy) is 2. The van der Waals surface area contributed by atoms with Crippen molar-refractivity contribution in [2.45, 2.75) is 50.7 Å². The molecule has 0 atom stereocenters. The molecule has 0 aliphatic heterocycles. The Bertz CT molecular complexity index is 1040. The molecule has 0 amide bonds. The van der Waals surface area contributed by atoms with Gasteiger partial charge in [-0.3, -0.25) is 0 Å². The van der Waals surface area contributed by atoms with Crippen LogP contribution in [0, 0.1) is 11.8 Å². The summed E-state index contributed by atoms with van der Waals surface area (Å²) in [5.41, 5.74) is 7.80. The summed E-state index contributed by atoms with van der Waals surface area (Å²) in [4.78, 5) is 4.41. The van der Waals surface area contributed by atoms with Gasteiger partial charge in [0.05, 0.1) is 11.6 Å². The lowest BCUT2D eigenvalue weighted by atomic mass is 9.74. The van der Waals surface area contributed by atoms with Crippen LogP contribution in [0.3, 0.4) is 0 Å². The van der Waals surface area contributed by atoms with Crippen molar-refractivity contribution in [2.75, 3.05) is 6.61 Å². The minimum absolute atomic E-state index is 0.0836. The van der Waals surface area contributed by atoms with Crippen LogP contribution >= 0.6 is 11.6 Å². The Morgan fingerprint density at radius 1 is 1.00 bits per heavy atom. The normalized spacial score (nSPS) is 23.6. The van der Waals surface area contributed by atoms with Crippen molar-refractivity contribution >= 4 is 22.4 Å². The molecule has 3 aromatic rings. The zero-order valence-corrected chi connectivity index (χ0v) is 18.5. The fraction of sp³-hybridized carbons (Fsp3) is 0.423. The highest BCUT2D eigenvalue weighted by molar-refractivity contribution is 6.33. The third-order valence-electron chi connectivity index (χ3n) is 6.90. The highest BCUT2D eigenvalue weighted by atomic mass is 35.5. The summed E-state index contributed by atoms with van der Waals surface area (Å²) in [6, 6.07) is 15.9. The third-order valence-corrected chi connectivity index (χ3v) is 7.20. The summed E-state index contributed by atoms with van der Waals surface area (Å²) in [7, 11) is 0. The second-order valence-corrected chi connectivity index (χ2v) is 9.56. The maximum absolute atomic E-state index is 6.62. The van der Waals surface area contributed by atoms with Gasteiger partial charge in [0.1, 0.15) is 12.4 Å². The Balaban J connectivity index is 1.24. The van der Waals surface area contributed by atoms with Crippen molar-refractivity contribution in [3.8, 4) is 11.6 Å². The Morgan fingerprint density at radius 3 is 2.52 bits per heavy atom. The second-order valence-electron chi connectivity index (χ2n) is 9.16. The average Bonchev–Trinajstić information content (AvgIpc) is 3.64. The van der Waals surface area contributed by atoms with E-state index in [1.165, 1.54) is 12.8 Å². The minimum Gasteiger partial charge on any atom is -0.492 e. The highest BCUT2D eigenvalue weighted by Crippen LogP contribution is 2.46. The molecular weight excluding hydrogens is 408 g/mol. The average molecular weight is 437 g/mol. The van der Waals surface area contributed by atoms with Gasteiger partial charge in [0.25, 0.3) is 0 Å². The van der Waals surface area contributed by atoms with E-state index in [1.54, 1.807) is 6.20 Å². The molecule has 31 heavy (non-hydrogen) atoms.